The van der Waals surface area contributed by atoms with E-state index in [1.165, 1.54) is 0 Å². The Morgan fingerprint density at radius 2 is 1.95 bits per heavy atom. The Kier molecular flexibility index (Phi) is 3.29. The highest BCUT2D eigenvalue weighted by Gasteiger charge is 2.05. The molecule has 2 aromatic carbocycles. The number of fused-ring (bicyclic) bond motifs is 1. The molecule has 20 heavy (non-hydrogen) atoms. The largest absolute Gasteiger partial charge is 0.504 e. The van der Waals surface area contributed by atoms with Crippen molar-refractivity contribution >= 4 is 10.8 Å². The van der Waals surface area contributed by atoms with E-state index in [0.29, 0.717) is 18.9 Å². The fourth-order valence-corrected chi connectivity index (χ4v) is 2.22. The minimum Gasteiger partial charge on any atom is -0.504 e. The van der Waals surface area contributed by atoms with Crippen molar-refractivity contribution in [2.24, 2.45) is 0 Å². The molecule has 0 amide bonds. The molecule has 4 nitrogen and oxygen atoms in total. The highest BCUT2D eigenvalue weighted by Crippen LogP contribution is 2.31. The summed E-state index contributed by atoms with van der Waals surface area (Å²) in [6, 6.07) is 11.5. The normalized spacial score (nSPS) is 10.8. The molecule has 0 saturated carbocycles. The molecule has 0 aliphatic heterocycles. The molecule has 0 aliphatic carbocycles. The minimum atomic E-state index is 0.172. The summed E-state index contributed by atoms with van der Waals surface area (Å²) < 4.78 is 7.69. The molecule has 0 aliphatic rings. The summed E-state index contributed by atoms with van der Waals surface area (Å²) >= 11 is 0. The lowest BCUT2D eigenvalue weighted by molar-refractivity contribution is 0.283. The van der Waals surface area contributed by atoms with Gasteiger partial charge in [-0.3, -0.25) is 0 Å². The SMILES string of the molecule is Cc1nccn1CCOc1cc2ccccc2cc1O. The van der Waals surface area contributed by atoms with E-state index in [1.54, 1.807) is 12.3 Å². The molecule has 0 atom stereocenters. The van der Waals surface area contributed by atoms with Gasteiger partial charge >= 0.3 is 0 Å². The highest BCUT2D eigenvalue weighted by molar-refractivity contribution is 5.85. The molecule has 3 aromatic rings. The van der Waals surface area contributed by atoms with E-state index < -0.39 is 0 Å². The maximum Gasteiger partial charge on any atom is 0.161 e. The second-order valence-electron chi connectivity index (χ2n) is 4.68. The molecule has 4 heteroatoms. The summed E-state index contributed by atoms with van der Waals surface area (Å²) in [5, 5.41) is 12.0. The van der Waals surface area contributed by atoms with Gasteiger partial charge in [0, 0.05) is 12.4 Å². The van der Waals surface area contributed by atoms with Gasteiger partial charge in [-0.05, 0) is 29.8 Å². The number of ether oxygens (including phenoxy) is 1. The van der Waals surface area contributed by atoms with Crippen molar-refractivity contribution in [2.75, 3.05) is 6.61 Å². The fourth-order valence-electron chi connectivity index (χ4n) is 2.22. The van der Waals surface area contributed by atoms with Crippen LogP contribution in [0.25, 0.3) is 10.8 Å². The Labute approximate surface area is 117 Å². The standard InChI is InChI=1S/C16H16N2O2/c1-12-17-6-7-18(12)8-9-20-16-11-14-5-3-2-4-13(14)10-15(16)19/h2-7,10-11,19H,8-9H2,1H3. The molecule has 1 aromatic heterocycles. The number of imidazole rings is 1. The van der Waals surface area contributed by atoms with Gasteiger partial charge < -0.3 is 14.4 Å². The van der Waals surface area contributed by atoms with E-state index in [9.17, 15) is 5.11 Å². The van der Waals surface area contributed by atoms with Crippen LogP contribution in [0, 0.1) is 6.92 Å². The summed E-state index contributed by atoms with van der Waals surface area (Å²) in [4.78, 5) is 4.16. The lowest BCUT2D eigenvalue weighted by Gasteiger charge is -2.10. The third kappa shape index (κ3) is 2.45. The number of phenols is 1. The molecule has 0 spiro atoms. The first-order chi connectivity index (χ1) is 9.74. The van der Waals surface area contributed by atoms with E-state index in [-0.39, 0.29) is 5.75 Å². The summed E-state index contributed by atoms with van der Waals surface area (Å²) in [7, 11) is 0. The minimum absolute atomic E-state index is 0.172. The van der Waals surface area contributed by atoms with Gasteiger partial charge in [0.1, 0.15) is 12.4 Å². The molecule has 102 valence electrons. The highest BCUT2D eigenvalue weighted by atomic mass is 16.5. The van der Waals surface area contributed by atoms with Crippen LogP contribution in [0.1, 0.15) is 5.82 Å². The second-order valence-corrected chi connectivity index (χ2v) is 4.68. The molecule has 1 heterocycles. The van der Waals surface area contributed by atoms with Crippen molar-refractivity contribution in [3.8, 4) is 11.5 Å². The monoisotopic (exact) mass is 268 g/mol. The lowest BCUT2D eigenvalue weighted by atomic mass is 10.1. The molecular formula is C16H16N2O2. The molecule has 0 radical (unpaired) electrons. The van der Waals surface area contributed by atoms with Crippen LogP contribution in [0.5, 0.6) is 11.5 Å². The maximum absolute atomic E-state index is 9.98. The van der Waals surface area contributed by atoms with Crippen LogP contribution in [-0.4, -0.2) is 21.3 Å². The van der Waals surface area contributed by atoms with Crippen LogP contribution in [0.2, 0.25) is 0 Å². The number of phenolic OH excluding ortho intramolecular Hbond substituents is 1. The number of aryl methyl sites for hydroxylation is 1. The third-order valence-electron chi connectivity index (χ3n) is 3.34. The van der Waals surface area contributed by atoms with Crippen LogP contribution >= 0.6 is 0 Å². The smallest absolute Gasteiger partial charge is 0.161 e. The first-order valence-electron chi connectivity index (χ1n) is 6.56. The predicted octanol–water partition coefficient (Wildman–Crippen LogP) is 3.13. The summed E-state index contributed by atoms with van der Waals surface area (Å²) in [5.74, 6) is 1.64. The van der Waals surface area contributed by atoms with Crippen LogP contribution < -0.4 is 4.74 Å². The Morgan fingerprint density at radius 3 is 2.65 bits per heavy atom. The van der Waals surface area contributed by atoms with Crippen molar-refractivity contribution in [3.63, 3.8) is 0 Å². The predicted molar refractivity (Wildman–Crippen MR) is 78.1 cm³/mol. The average molecular weight is 268 g/mol. The molecule has 0 fully saturated rings. The number of hydrogen-bond donors (Lipinski definition) is 1. The van der Waals surface area contributed by atoms with Crippen LogP contribution in [0.3, 0.4) is 0 Å². The molecule has 3 rings (SSSR count). The number of hydrogen-bond acceptors (Lipinski definition) is 3. The van der Waals surface area contributed by atoms with Crippen LogP contribution in [0.15, 0.2) is 48.8 Å². The van der Waals surface area contributed by atoms with Gasteiger partial charge in [0.15, 0.2) is 11.5 Å². The quantitative estimate of drug-likeness (QED) is 0.790. The first kappa shape index (κ1) is 12.5. The van der Waals surface area contributed by atoms with E-state index in [0.717, 1.165) is 16.6 Å². The average Bonchev–Trinajstić information content (AvgIpc) is 2.85. The number of benzene rings is 2. The van der Waals surface area contributed by atoms with Crippen molar-refractivity contribution in [3.05, 3.63) is 54.6 Å². The number of aromatic hydroxyl groups is 1. The van der Waals surface area contributed by atoms with Crippen LogP contribution in [-0.2, 0) is 6.54 Å². The number of aromatic nitrogens is 2. The van der Waals surface area contributed by atoms with E-state index in [4.69, 9.17) is 4.74 Å². The van der Waals surface area contributed by atoms with Gasteiger partial charge in [-0.25, -0.2) is 4.98 Å². The second kappa shape index (κ2) is 5.25. The molecule has 0 bridgehead atoms. The zero-order valence-electron chi connectivity index (χ0n) is 11.3. The van der Waals surface area contributed by atoms with Gasteiger partial charge in [-0.2, -0.15) is 0 Å². The summed E-state index contributed by atoms with van der Waals surface area (Å²) in [6.45, 7) is 3.15. The van der Waals surface area contributed by atoms with Gasteiger partial charge in [0.2, 0.25) is 0 Å². The summed E-state index contributed by atoms with van der Waals surface area (Å²) in [6.07, 6.45) is 3.68. The fraction of sp³-hybridized carbons (Fsp3) is 0.188. The maximum atomic E-state index is 9.98. The van der Waals surface area contributed by atoms with E-state index in [2.05, 4.69) is 4.98 Å². The van der Waals surface area contributed by atoms with E-state index in [1.807, 2.05) is 48.0 Å². The van der Waals surface area contributed by atoms with Gasteiger partial charge in [-0.1, -0.05) is 24.3 Å². The Morgan fingerprint density at radius 1 is 1.20 bits per heavy atom. The van der Waals surface area contributed by atoms with Crippen molar-refractivity contribution in [1.29, 1.82) is 0 Å². The molecule has 1 N–H and O–H groups in total. The third-order valence-corrected chi connectivity index (χ3v) is 3.34. The molecular weight excluding hydrogens is 252 g/mol. The van der Waals surface area contributed by atoms with Crippen molar-refractivity contribution in [1.82, 2.24) is 9.55 Å². The lowest BCUT2D eigenvalue weighted by Crippen LogP contribution is -2.08. The Hall–Kier alpha value is -2.49. The Balaban J connectivity index is 1.74. The Bertz CT molecular complexity index is 734. The van der Waals surface area contributed by atoms with Gasteiger partial charge in [0.25, 0.3) is 0 Å². The molecule has 0 unspecified atom stereocenters. The number of rotatable bonds is 4. The molecule has 0 saturated heterocycles. The summed E-state index contributed by atoms with van der Waals surface area (Å²) in [5.41, 5.74) is 0. The van der Waals surface area contributed by atoms with Gasteiger partial charge in [-0.15, -0.1) is 0 Å². The van der Waals surface area contributed by atoms with Gasteiger partial charge in [0.05, 0.1) is 6.54 Å². The van der Waals surface area contributed by atoms with Crippen molar-refractivity contribution < 1.29 is 9.84 Å². The zero-order chi connectivity index (χ0) is 13.9. The van der Waals surface area contributed by atoms with E-state index >= 15 is 0 Å². The van der Waals surface area contributed by atoms with Crippen LogP contribution in [0.4, 0.5) is 0 Å². The number of nitrogens with zero attached hydrogens (tertiary/aromatic N) is 2. The first-order valence-corrected chi connectivity index (χ1v) is 6.56. The zero-order valence-corrected chi connectivity index (χ0v) is 11.3. The van der Waals surface area contributed by atoms with Crippen molar-refractivity contribution in [2.45, 2.75) is 13.5 Å². The topological polar surface area (TPSA) is 47.3 Å².